The third kappa shape index (κ3) is 8.39. The Labute approximate surface area is 133 Å². The van der Waals surface area contributed by atoms with Crippen LogP contribution in [0.15, 0.2) is 24.3 Å². The number of unbranched alkanes of at least 4 members (excludes halogenated alkanes) is 1. The van der Waals surface area contributed by atoms with Crippen LogP contribution >= 0.6 is 0 Å². The summed E-state index contributed by atoms with van der Waals surface area (Å²) >= 11 is 0. The first kappa shape index (κ1) is 20.9. The molecule has 6 heteroatoms. The molecular formula is C16H29BO5. The van der Waals surface area contributed by atoms with Crippen molar-refractivity contribution in [3.05, 3.63) is 29.8 Å². The molecule has 0 saturated heterocycles. The first-order valence-corrected chi connectivity index (χ1v) is 7.54. The van der Waals surface area contributed by atoms with Gasteiger partial charge in [0.2, 0.25) is 0 Å². The summed E-state index contributed by atoms with van der Waals surface area (Å²) in [5, 5.41) is 31.6. The van der Waals surface area contributed by atoms with Gasteiger partial charge in [0.15, 0.2) is 0 Å². The van der Waals surface area contributed by atoms with Gasteiger partial charge in [-0.1, -0.05) is 25.5 Å². The minimum atomic E-state index is -2.17. The van der Waals surface area contributed by atoms with Crippen molar-refractivity contribution in [3.63, 3.8) is 0 Å². The van der Waals surface area contributed by atoms with Gasteiger partial charge in [-0.25, -0.2) is 0 Å². The van der Waals surface area contributed by atoms with Crippen LogP contribution in [-0.2, 0) is 6.42 Å². The predicted molar refractivity (Wildman–Crippen MR) is 88.5 cm³/mol. The lowest BCUT2D eigenvalue weighted by Crippen LogP contribution is -2.49. The van der Waals surface area contributed by atoms with Crippen LogP contribution in [0.1, 0.15) is 53.0 Å². The lowest BCUT2D eigenvalue weighted by molar-refractivity contribution is -0.0906. The van der Waals surface area contributed by atoms with Crippen molar-refractivity contribution >= 4 is 7.32 Å². The van der Waals surface area contributed by atoms with Crippen LogP contribution < -0.4 is 4.74 Å². The highest BCUT2D eigenvalue weighted by molar-refractivity contribution is 6.30. The molecule has 5 nitrogen and oxygen atoms in total. The molecule has 1 aromatic carbocycles. The zero-order valence-electron chi connectivity index (χ0n) is 14.2. The van der Waals surface area contributed by atoms with Crippen LogP contribution in [-0.4, -0.2) is 38.7 Å². The Kier molecular flexibility index (Phi) is 8.70. The second-order valence-electron chi connectivity index (χ2n) is 6.27. The maximum absolute atomic E-state index is 10.1. The Bertz CT molecular complexity index is 407. The fraction of sp³-hybridized carbons (Fsp3) is 0.625. The highest BCUT2D eigenvalue weighted by Gasteiger charge is 2.37. The molecule has 0 amide bonds. The molecule has 0 saturated carbocycles. The van der Waals surface area contributed by atoms with Crippen LogP contribution in [0.3, 0.4) is 0 Å². The van der Waals surface area contributed by atoms with E-state index in [0.29, 0.717) is 0 Å². The van der Waals surface area contributed by atoms with Crippen molar-refractivity contribution in [2.75, 3.05) is 0 Å². The molecule has 0 unspecified atom stereocenters. The maximum atomic E-state index is 10.1. The van der Waals surface area contributed by atoms with E-state index >= 15 is 0 Å². The highest BCUT2D eigenvalue weighted by Crippen LogP contribution is 2.28. The van der Waals surface area contributed by atoms with Crippen molar-refractivity contribution in [1.82, 2.24) is 0 Å². The topological polar surface area (TPSA) is 90.2 Å². The molecule has 0 aliphatic carbocycles. The summed E-state index contributed by atoms with van der Waals surface area (Å²) in [7, 11) is -2.17. The second kappa shape index (κ2) is 9.15. The SMILES string of the molecule is CCCCc1ccc(OC(C)(C)C(C)(C)O)cc1.OB(O)O. The molecule has 4 N–H and O–H groups in total. The van der Waals surface area contributed by atoms with Crippen LogP contribution in [0, 0.1) is 0 Å². The highest BCUT2D eigenvalue weighted by atomic mass is 16.5. The molecular weight excluding hydrogens is 283 g/mol. The van der Waals surface area contributed by atoms with Gasteiger partial charge in [0.1, 0.15) is 11.4 Å². The van der Waals surface area contributed by atoms with E-state index < -0.39 is 18.5 Å². The molecule has 1 rings (SSSR count). The molecule has 0 heterocycles. The van der Waals surface area contributed by atoms with Crippen molar-refractivity contribution in [2.45, 2.75) is 65.1 Å². The van der Waals surface area contributed by atoms with Crippen molar-refractivity contribution in [3.8, 4) is 5.75 Å². The van der Waals surface area contributed by atoms with Crippen LogP contribution in [0.25, 0.3) is 0 Å². The number of hydrogen-bond acceptors (Lipinski definition) is 5. The molecule has 0 fully saturated rings. The Morgan fingerprint density at radius 1 is 1.00 bits per heavy atom. The zero-order chi connectivity index (χ0) is 17.4. The van der Waals surface area contributed by atoms with Crippen molar-refractivity contribution in [2.24, 2.45) is 0 Å². The number of aliphatic hydroxyl groups is 1. The lowest BCUT2D eigenvalue weighted by atomic mass is 9.89. The summed E-state index contributed by atoms with van der Waals surface area (Å²) in [4.78, 5) is 0. The maximum Gasteiger partial charge on any atom is 0.631 e. The minimum Gasteiger partial charge on any atom is -0.485 e. The monoisotopic (exact) mass is 312 g/mol. The molecule has 1 aromatic rings. The van der Waals surface area contributed by atoms with E-state index in [-0.39, 0.29) is 0 Å². The lowest BCUT2D eigenvalue weighted by Gasteiger charge is -2.37. The summed E-state index contributed by atoms with van der Waals surface area (Å²) in [5.41, 5.74) is -0.156. The normalized spacial score (nSPS) is 11.5. The van der Waals surface area contributed by atoms with E-state index in [9.17, 15) is 5.11 Å². The largest absolute Gasteiger partial charge is 0.631 e. The Morgan fingerprint density at radius 2 is 1.45 bits per heavy atom. The average Bonchev–Trinajstić information content (AvgIpc) is 2.35. The van der Waals surface area contributed by atoms with Crippen LogP contribution in [0.5, 0.6) is 5.75 Å². The van der Waals surface area contributed by atoms with Crippen molar-refractivity contribution < 1.29 is 24.9 Å². The average molecular weight is 312 g/mol. The first-order valence-electron chi connectivity index (χ1n) is 7.54. The molecule has 0 aliphatic rings. The van der Waals surface area contributed by atoms with E-state index in [1.165, 1.54) is 18.4 Å². The van der Waals surface area contributed by atoms with Gasteiger partial charge in [0, 0.05) is 0 Å². The van der Waals surface area contributed by atoms with Gasteiger partial charge in [-0.2, -0.15) is 0 Å². The smallest absolute Gasteiger partial charge is 0.485 e. The molecule has 22 heavy (non-hydrogen) atoms. The second-order valence-corrected chi connectivity index (χ2v) is 6.27. The zero-order valence-corrected chi connectivity index (χ0v) is 14.2. The Morgan fingerprint density at radius 3 is 1.82 bits per heavy atom. The fourth-order valence-corrected chi connectivity index (χ4v) is 1.52. The van der Waals surface area contributed by atoms with E-state index in [1.807, 2.05) is 26.0 Å². The molecule has 0 atom stereocenters. The standard InChI is InChI=1S/C16H26O2.BH3O3/c1-6-7-8-13-9-11-14(12-10-13)18-16(4,5)15(2,3)17;2-1(3)4/h9-12,17H,6-8H2,1-5H3;2-4H. The number of rotatable bonds is 6. The predicted octanol–water partition coefficient (Wildman–Crippen LogP) is 1.91. The summed E-state index contributed by atoms with van der Waals surface area (Å²) in [6.45, 7) is 9.53. The van der Waals surface area contributed by atoms with E-state index in [1.54, 1.807) is 13.8 Å². The Hall–Kier alpha value is -1.08. The molecule has 0 aromatic heterocycles. The van der Waals surface area contributed by atoms with E-state index in [0.717, 1.165) is 12.2 Å². The molecule has 0 bridgehead atoms. The van der Waals surface area contributed by atoms with Gasteiger partial charge in [-0.05, 0) is 58.2 Å². The van der Waals surface area contributed by atoms with Gasteiger partial charge in [-0.15, -0.1) is 0 Å². The summed E-state index contributed by atoms with van der Waals surface area (Å²) in [6.07, 6.45) is 3.55. The van der Waals surface area contributed by atoms with Crippen molar-refractivity contribution in [1.29, 1.82) is 0 Å². The third-order valence-electron chi connectivity index (χ3n) is 3.59. The number of ether oxygens (including phenoxy) is 1. The van der Waals surface area contributed by atoms with Gasteiger partial charge in [-0.3, -0.25) is 0 Å². The molecule has 0 aliphatic heterocycles. The third-order valence-corrected chi connectivity index (χ3v) is 3.59. The quantitative estimate of drug-likeness (QED) is 0.602. The summed E-state index contributed by atoms with van der Waals surface area (Å²) < 4.78 is 5.88. The number of aryl methyl sites for hydroxylation is 1. The summed E-state index contributed by atoms with van der Waals surface area (Å²) in [5.74, 6) is 0.808. The van der Waals surface area contributed by atoms with E-state index in [4.69, 9.17) is 19.8 Å². The van der Waals surface area contributed by atoms with Gasteiger partial charge in [0.05, 0.1) is 5.60 Å². The summed E-state index contributed by atoms with van der Waals surface area (Å²) in [6, 6.07) is 8.17. The molecule has 0 radical (unpaired) electrons. The number of benzene rings is 1. The van der Waals surface area contributed by atoms with E-state index in [2.05, 4.69) is 19.1 Å². The molecule has 126 valence electrons. The van der Waals surface area contributed by atoms with Gasteiger partial charge >= 0.3 is 7.32 Å². The van der Waals surface area contributed by atoms with Crippen LogP contribution in [0.2, 0.25) is 0 Å². The first-order chi connectivity index (χ1) is 9.99. The minimum absolute atomic E-state index is 0.613. The van der Waals surface area contributed by atoms with Gasteiger partial charge in [0.25, 0.3) is 0 Å². The number of hydrogen-bond donors (Lipinski definition) is 4. The van der Waals surface area contributed by atoms with Gasteiger partial charge < -0.3 is 24.9 Å². The Balaban J connectivity index is 0.000000980. The molecule has 0 spiro atoms. The van der Waals surface area contributed by atoms with Crippen LogP contribution in [0.4, 0.5) is 0 Å². The fourth-order valence-electron chi connectivity index (χ4n) is 1.52.